The monoisotopic (exact) mass is 412 g/mol. The summed E-state index contributed by atoms with van der Waals surface area (Å²) < 4.78 is 1.78. The van der Waals surface area contributed by atoms with E-state index in [1.165, 1.54) is 6.20 Å². The number of nitrogens with one attached hydrogen (secondary N) is 1. The van der Waals surface area contributed by atoms with Gasteiger partial charge in [-0.15, -0.1) is 23.2 Å². The van der Waals surface area contributed by atoms with Gasteiger partial charge < -0.3 is 19.8 Å². The van der Waals surface area contributed by atoms with Crippen molar-refractivity contribution in [3.8, 4) is 0 Å². The summed E-state index contributed by atoms with van der Waals surface area (Å²) >= 11 is 11.6. The number of carboxylic acids is 1. The van der Waals surface area contributed by atoms with Gasteiger partial charge in [0.1, 0.15) is 0 Å². The number of alkyl halides is 2. The predicted octanol–water partition coefficient (Wildman–Crippen LogP) is 2.14. The van der Waals surface area contributed by atoms with E-state index in [0.717, 1.165) is 25.3 Å². The van der Waals surface area contributed by atoms with Crippen LogP contribution in [0.2, 0.25) is 0 Å². The molecule has 1 aromatic carbocycles. The standard InChI is InChI=1S/C19H25Cl2N3O3/c1-13(2)24-12-16(19(26)27)18(25)15-4-3-14(11-17(15)24)22-7-10-23(8-5-20)9-6-21/h3-4,11-13,22H,5-10H2,1-2H3,(H,26,27)/p-1. The third-order valence-corrected chi connectivity index (χ3v) is 4.71. The molecule has 2 rings (SSSR count). The van der Waals surface area contributed by atoms with Gasteiger partial charge in [0.2, 0.25) is 0 Å². The van der Waals surface area contributed by atoms with E-state index < -0.39 is 11.4 Å². The quantitative estimate of drug-likeness (QED) is 0.604. The molecule has 0 atom stereocenters. The third-order valence-electron chi connectivity index (χ3n) is 4.37. The normalized spacial score (nSPS) is 11.5. The summed E-state index contributed by atoms with van der Waals surface area (Å²) in [5.41, 5.74) is 0.691. The van der Waals surface area contributed by atoms with Crippen LogP contribution in [-0.4, -0.2) is 53.4 Å². The number of aromatic nitrogens is 1. The number of hydrogen-bond donors (Lipinski definition) is 1. The molecule has 0 spiro atoms. The molecule has 2 aromatic rings. The number of fused-ring (bicyclic) bond motifs is 1. The van der Waals surface area contributed by atoms with Crippen molar-refractivity contribution < 1.29 is 9.90 Å². The van der Waals surface area contributed by atoms with Crippen LogP contribution in [0.25, 0.3) is 10.9 Å². The molecule has 8 heteroatoms. The van der Waals surface area contributed by atoms with E-state index in [0.29, 0.717) is 29.2 Å². The number of hydrogen-bond acceptors (Lipinski definition) is 5. The zero-order valence-corrected chi connectivity index (χ0v) is 17.0. The molecule has 0 saturated heterocycles. The summed E-state index contributed by atoms with van der Waals surface area (Å²) in [5, 5.41) is 15.0. The molecule has 6 nitrogen and oxygen atoms in total. The summed E-state index contributed by atoms with van der Waals surface area (Å²) in [6, 6.07) is 5.29. The van der Waals surface area contributed by atoms with Crippen LogP contribution in [0.15, 0.2) is 29.2 Å². The second-order valence-corrected chi connectivity index (χ2v) is 7.29. The Morgan fingerprint density at radius 3 is 2.44 bits per heavy atom. The highest BCUT2D eigenvalue weighted by Gasteiger charge is 2.12. The van der Waals surface area contributed by atoms with Gasteiger partial charge >= 0.3 is 0 Å². The largest absolute Gasteiger partial charge is 0.545 e. The summed E-state index contributed by atoms with van der Waals surface area (Å²) in [7, 11) is 0. The number of benzene rings is 1. The second-order valence-electron chi connectivity index (χ2n) is 6.54. The van der Waals surface area contributed by atoms with Gasteiger partial charge in [0.25, 0.3) is 0 Å². The average Bonchev–Trinajstić information content (AvgIpc) is 2.61. The Hall–Kier alpha value is -1.76. The van der Waals surface area contributed by atoms with Crippen LogP contribution < -0.4 is 15.9 Å². The van der Waals surface area contributed by atoms with Crippen molar-refractivity contribution in [2.75, 3.05) is 43.3 Å². The van der Waals surface area contributed by atoms with E-state index in [1.807, 2.05) is 19.9 Å². The molecule has 0 radical (unpaired) electrons. The number of aromatic carboxylic acids is 1. The van der Waals surface area contributed by atoms with E-state index >= 15 is 0 Å². The van der Waals surface area contributed by atoms with Gasteiger partial charge in [-0.3, -0.25) is 9.69 Å². The van der Waals surface area contributed by atoms with Crippen molar-refractivity contribution >= 4 is 45.8 Å². The van der Waals surface area contributed by atoms with E-state index in [1.54, 1.807) is 16.7 Å². The maximum absolute atomic E-state index is 12.4. The van der Waals surface area contributed by atoms with Crippen molar-refractivity contribution in [3.63, 3.8) is 0 Å². The molecule has 0 saturated carbocycles. The second kappa shape index (κ2) is 9.97. The van der Waals surface area contributed by atoms with E-state index in [2.05, 4.69) is 10.2 Å². The van der Waals surface area contributed by atoms with Crippen LogP contribution in [0.3, 0.4) is 0 Å². The van der Waals surface area contributed by atoms with Crippen LogP contribution in [0.1, 0.15) is 30.2 Å². The van der Waals surface area contributed by atoms with Crippen LogP contribution in [0, 0.1) is 0 Å². The van der Waals surface area contributed by atoms with E-state index in [9.17, 15) is 14.7 Å². The van der Waals surface area contributed by atoms with Gasteiger partial charge in [-0.2, -0.15) is 0 Å². The lowest BCUT2D eigenvalue weighted by atomic mass is 10.1. The van der Waals surface area contributed by atoms with Gasteiger partial charge in [0, 0.05) is 61.3 Å². The van der Waals surface area contributed by atoms with Crippen molar-refractivity contribution in [3.05, 3.63) is 40.2 Å². The topological polar surface area (TPSA) is 77.4 Å². The molecule has 0 aliphatic heterocycles. The summed E-state index contributed by atoms with van der Waals surface area (Å²) in [6.07, 6.45) is 1.36. The molecule has 0 aliphatic carbocycles. The Morgan fingerprint density at radius 2 is 1.89 bits per heavy atom. The van der Waals surface area contributed by atoms with E-state index in [-0.39, 0.29) is 11.6 Å². The molecule has 148 valence electrons. The van der Waals surface area contributed by atoms with Gasteiger partial charge in [-0.05, 0) is 32.0 Å². The Morgan fingerprint density at radius 1 is 1.22 bits per heavy atom. The predicted molar refractivity (Wildman–Crippen MR) is 109 cm³/mol. The van der Waals surface area contributed by atoms with Gasteiger partial charge in [-0.25, -0.2) is 0 Å². The van der Waals surface area contributed by atoms with Gasteiger partial charge in [0.05, 0.1) is 17.0 Å². The fourth-order valence-corrected chi connectivity index (χ4v) is 3.44. The van der Waals surface area contributed by atoms with Crippen molar-refractivity contribution in [1.82, 2.24) is 9.47 Å². The van der Waals surface area contributed by atoms with Crippen molar-refractivity contribution in [2.24, 2.45) is 0 Å². The fraction of sp³-hybridized carbons (Fsp3) is 0.474. The molecule has 0 fully saturated rings. The van der Waals surface area contributed by atoms with Crippen molar-refractivity contribution in [1.29, 1.82) is 0 Å². The van der Waals surface area contributed by atoms with Crippen LogP contribution >= 0.6 is 23.2 Å². The Balaban J connectivity index is 2.28. The number of halogens is 2. The minimum atomic E-state index is -1.46. The maximum Gasteiger partial charge on any atom is 0.198 e. The third kappa shape index (κ3) is 5.37. The van der Waals surface area contributed by atoms with Crippen LogP contribution in [0.5, 0.6) is 0 Å². The lowest BCUT2D eigenvalue weighted by Crippen LogP contribution is -2.32. The molecule has 0 amide bonds. The summed E-state index contributed by atoms with van der Waals surface area (Å²) in [4.78, 5) is 25.8. The number of rotatable bonds is 10. The van der Waals surface area contributed by atoms with Crippen LogP contribution in [0.4, 0.5) is 5.69 Å². The van der Waals surface area contributed by atoms with Crippen LogP contribution in [-0.2, 0) is 0 Å². The van der Waals surface area contributed by atoms with Gasteiger partial charge in [-0.1, -0.05) is 0 Å². The molecule has 1 N–H and O–H groups in total. The number of pyridine rings is 1. The molecule has 27 heavy (non-hydrogen) atoms. The Bertz CT molecular complexity index is 846. The lowest BCUT2D eigenvalue weighted by Gasteiger charge is -2.21. The van der Waals surface area contributed by atoms with Crippen molar-refractivity contribution in [2.45, 2.75) is 19.9 Å². The Labute approximate surface area is 168 Å². The molecule has 0 unspecified atom stereocenters. The molecule has 0 aliphatic rings. The average molecular weight is 413 g/mol. The Kier molecular flexibility index (Phi) is 7.95. The zero-order chi connectivity index (χ0) is 20.0. The number of carboxylic acid groups (broad SMARTS) is 1. The number of nitrogens with zero attached hydrogens (tertiary/aromatic N) is 2. The number of anilines is 1. The van der Waals surface area contributed by atoms with E-state index in [4.69, 9.17) is 23.2 Å². The smallest absolute Gasteiger partial charge is 0.198 e. The molecule has 0 bridgehead atoms. The minimum Gasteiger partial charge on any atom is -0.545 e. The first-order valence-electron chi connectivity index (χ1n) is 8.87. The molecule has 1 aromatic heterocycles. The minimum absolute atomic E-state index is 0.00983. The summed E-state index contributed by atoms with van der Waals surface area (Å²) in [6.45, 7) is 6.89. The maximum atomic E-state index is 12.4. The first-order chi connectivity index (χ1) is 12.9. The molecule has 1 heterocycles. The highest BCUT2D eigenvalue weighted by Crippen LogP contribution is 2.21. The number of carbonyl (C=O) groups excluding carboxylic acids is 1. The summed E-state index contributed by atoms with van der Waals surface area (Å²) in [5.74, 6) is -0.361. The first-order valence-corrected chi connectivity index (χ1v) is 9.94. The highest BCUT2D eigenvalue weighted by molar-refractivity contribution is 6.18. The molecular weight excluding hydrogens is 389 g/mol. The molecular formula is C19H24Cl2N3O3-. The number of carbonyl (C=O) groups is 1. The zero-order valence-electron chi connectivity index (χ0n) is 15.5. The lowest BCUT2D eigenvalue weighted by molar-refractivity contribution is -0.255. The SMILES string of the molecule is CC(C)n1cc(C(=O)[O-])c(=O)c2ccc(NCCN(CCCl)CCCl)cc21. The van der Waals surface area contributed by atoms with Gasteiger partial charge in [0.15, 0.2) is 5.43 Å². The first kappa shape index (κ1) is 21.5. The highest BCUT2D eigenvalue weighted by atomic mass is 35.5. The fourth-order valence-electron chi connectivity index (χ4n) is 2.97.